The number of allylic oxidation sites excluding steroid dienone is 1. The first kappa shape index (κ1) is 20.7. The molecule has 154 valence electrons. The van der Waals surface area contributed by atoms with Gasteiger partial charge in [-0.15, -0.1) is 11.8 Å². The van der Waals surface area contributed by atoms with Crippen LogP contribution in [0.15, 0.2) is 11.6 Å². The normalized spacial score (nSPS) is 26.5. The van der Waals surface area contributed by atoms with Gasteiger partial charge >= 0.3 is 12.0 Å². The van der Waals surface area contributed by atoms with Gasteiger partial charge in [0, 0.05) is 18.7 Å². The van der Waals surface area contributed by atoms with Crippen molar-refractivity contribution in [2.45, 2.75) is 62.8 Å². The molecule has 0 aromatic carbocycles. The average molecular weight is 410 g/mol. The van der Waals surface area contributed by atoms with Crippen molar-refractivity contribution in [3.63, 3.8) is 0 Å². The SMILES string of the molecule is C[C@@]12CCC(=O)N1[C@H](C(=O)OCC(=O)NC(=O)NCCC1=CCCCC1)CS2. The molecule has 1 aliphatic carbocycles. The Balaban J connectivity index is 1.36. The maximum atomic E-state index is 12.3. The van der Waals surface area contributed by atoms with Crippen LogP contribution in [0.5, 0.6) is 0 Å². The molecule has 2 saturated heterocycles. The van der Waals surface area contributed by atoms with Crippen molar-refractivity contribution in [2.75, 3.05) is 18.9 Å². The number of thioether (sulfide) groups is 1. The van der Waals surface area contributed by atoms with Gasteiger partial charge in [-0.05, 0) is 45.4 Å². The third-order valence-corrected chi connectivity index (χ3v) is 6.94. The van der Waals surface area contributed by atoms with Gasteiger partial charge in [0.25, 0.3) is 5.91 Å². The van der Waals surface area contributed by atoms with Crippen LogP contribution in [0, 0.1) is 0 Å². The fraction of sp³-hybridized carbons (Fsp3) is 0.684. The van der Waals surface area contributed by atoms with Gasteiger partial charge in [0.2, 0.25) is 5.91 Å². The van der Waals surface area contributed by atoms with E-state index in [2.05, 4.69) is 16.7 Å². The van der Waals surface area contributed by atoms with Crippen molar-refractivity contribution in [1.82, 2.24) is 15.5 Å². The monoisotopic (exact) mass is 409 g/mol. The highest BCUT2D eigenvalue weighted by molar-refractivity contribution is 8.01. The zero-order valence-electron chi connectivity index (χ0n) is 16.1. The molecule has 2 atom stereocenters. The molecule has 3 aliphatic rings. The average Bonchev–Trinajstić information content (AvgIpc) is 3.16. The minimum Gasteiger partial charge on any atom is -0.454 e. The summed E-state index contributed by atoms with van der Waals surface area (Å²) in [6.45, 7) is 1.85. The summed E-state index contributed by atoms with van der Waals surface area (Å²) in [4.78, 5) is 49.2. The van der Waals surface area contributed by atoms with Crippen molar-refractivity contribution < 1.29 is 23.9 Å². The molecule has 0 radical (unpaired) electrons. The highest BCUT2D eigenvalue weighted by atomic mass is 32.2. The Bertz CT molecular complexity index is 695. The first-order chi connectivity index (χ1) is 13.4. The van der Waals surface area contributed by atoms with Gasteiger partial charge in [-0.2, -0.15) is 0 Å². The number of fused-ring (bicyclic) bond motifs is 1. The number of ether oxygens (including phenoxy) is 1. The predicted molar refractivity (Wildman–Crippen MR) is 104 cm³/mol. The van der Waals surface area contributed by atoms with Gasteiger partial charge in [-0.25, -0.2) is 9.59 Å². The lowest BCUT2D eigenvalue weighted by Gasteiger charge is -2.29. The van der Waals surface area contributed by atoms with E-state index in [1.165, 1.54) is 18.4 Å². The number of carbonyl (C=O) groups excluding carboxylic acids is 4. The molecule has 4 amide bonds. The summed E-state index contributed by atoms with van der Waals surface area (Å²) >= 11 is 1.56. The van der Waals surface area contributed by atoms with Crippen molar-refractivity contribution in [3.8, 4) is 0 Å². The van der Waals surface area contributed by atoms with Crippen molar-refractivity contribution >= 4 is 35.6 Å². The molecule has 9 heteroatoms. The number of imide groups is 1. The minimum atomic E-state index is -0.691. The Morgan fingerprint density at radius 1 is 1.32 bits per heavy atom. The predicted octanol–water partition coefficient (Wildman–Crippen LogP) is 1.70. The molecular weight excluding hydrogens is 382 g/mol. The summed E-state index contributed by atoms with van der Waals surface area (Å²) in [5, 5.41) is 4.79. The van der Waals surface area contributed by atoms with Crippen LogP contribution in [0.1, 0.15) is 51.9 Å². The van der Waals surface area contributed by atoms with Crippen LogP contribution >= 0.6 is 11.8 Å². The summed E-state index contributed by atoms with van der Waals surface area (Å²) in [6, 6.07) is -1.27. The summed E-state index contributed by atoms with van der Waals surface area (Å²) in [5.74, 6) is -0.902. The molecule has 28 heavy (non-hydrogen) atoms. The molecule has 0 unspecified atom stereocenters. The molecule has 0 aromatic rings. The first-order valence-corrected chi connectivity index (χ1v) is 10.8. The number of nitrogens with one attached hydrogen (secondary N) is 2. The van der Waals surface area contributed by atoms with Crippen LogP contribution in [0.2, 0.25) is 0 Å². The first-order valence-electron chi connectivity index (χ1n) is 9.77. The number of esters is 1. The Morgan fingerprint density at radius 3 is 2.89 bits per heavy atom. The Morgan fingerprint density at radius 2 is 2.14 bits per heavy atom. The number of nitrogens with zero attached hydrogens (tertiary/aromatic N) is 1. The molecule has 2 heterocycles. The summed E-state index contributed by atoms with van der Waals surface area (Å²) < 4.78 is 5.04. The van der Waals surface area contributed by atoms with E-state index in [1.807, 2.05) is 6.92 Å². The lowest BCUT2D eigenvalue weighted by molar-refractivity contribution is -0.156. The fourth-order valence-electron chi connectivity index (χ4n) is 3.90. The van der Waals surface area contributed by atoms with Crippen LogP contribution in [0.25, 0.3) is 0 Å². The van der Waals surface area contributed by atoms with Gasteiger partial charge in [-0.3, -0.25) is 14.9 Å². The zero-order valence-corrected chi connectivity index (χ0v) is 16.9. The third-order valence-electron chi connectivity index (χ3n) is 5.43. The topological polar surface area (TPSA) is 105 Å². The smallest absolute Gasteiger partial charge is 0.330 e. The van der Waals surface area contributed by atoms with E-state index in [4.69, 9.17) is 4.74 Å². The lowest BCUT2D eigenvalue weighted by Crippen LogP contribution is -2.47. The number of hydrogen-bond acceptors (Lipinski definition) is 6. The number of amides is 4. The van der Waals surface area contributed by atoms with Gasteiger partial charge in [0.05, 0.1) is 4.87 Å². The van der Waals surface area contributed by atoms with Crippen LogP contribution in [-0.2, 0) is 19.1 Å². The molecular formula is C19H27N3O5S. The highest BCUT2D eigenvalue weighted by Gasteiger charge is 2.53. The van der Waals surface area contributed by atoms with Crippen LogP contribution in [-0.4, -0.2) is 58.5 Å². The lowest BCUT2D eigenvalue weighted by atomic mass is 9.97. The highest BCUT2D eigenvalue weighted by Crippen LogP contribution is 2.47. The van der Waals surface area contributed by atoms with E-state index < -0.39 is 30.6 Å². The zero-order chi connectivity index (χ0) is 20.1. The molecule has 2 fully saturated rings. The fourth-order valence-corrected chi connectivity index (χ4v) is 5.32. The van der Waals surface area contributed by atoms with E-state index in [0.717, 1.165) is 19.3 Å². The molecule has 3 rings (SSSR count). The molecule has 0 saturated carbocycles. The quantitative estimate of drug-likeness (QED) is 0.511. The molecule has 0 spiro atoms. The summed E-state index contributed by atoms with van der Waals surface area (Å²) in [7, 11) is 0. The largest absolute Gasteiger partial charge is 0.454 e. The molecule has 0 aromatic heterocycles. The summed E-state index contributed by atoms with van der Waals surface area (Å²) in [6.07, 6.45) is 8.68. The third kappa shape index (κ3) is 4.87. The second kappa shape index (κ2) is 8.98. The second-order valence-electron chi connectivity index (χ2n) is 7.54. The standard InChI is InChI=1S/C19H27N3O5S/c1-19-9-7-16(24)22(19)14(12-28-19)17(25)27-11-15(23)21-18(26)20-10-8-13-5-3-2-4-6-13/h5,14H,2-4,6-12H2,1H3,(H2,20,21,23,26)/t14-,19+/m0/s1. The van der Waals surface area contributed by atoms with E-state index in [9.17, 15) is 19.2 Å². The number of rotatable bonds is 6. The van der Waals surface area contributed by atoms with Gasteiger partial charge in [0.1, 0.15) is 6.04 Å². The van der Waals surface area contributed by atoms with E-state index in [1.54, 1.807) is 16.7 Å². The van der Waals surface area contributed by atoms with Gasteiger partial charge in [0.15, 0.2) is 6.61 Å². The van der Waals surface area contributed by atoms with Gasteiger partial charge < -0.3 is 15.0 Å². The Kier molecular flexibility index (Phi) is 6.64. The van der Waals surface area contributed by atoms with Gasteiger partial charge in [-0.1, -0.05) is 11.6 Å². The number of hydrogen-bond donors (Lipinski definition) is 2. The van der Waals surface area contributed by atoms with E-state index >= 15 is 0 Å². The van der Waals surface area contributed by atoms with Crippen LogP contribution in [0.3, 0.4) is 0 Å². The van der Waals surface area contributed by atoms with Crippen LogP contribution in [0.4, 0.5) is 4.79 Å². The Hall–Kier alpha value is -2.03. The molecule has 0 bridgehead atoms. The molecule has 2 N–H and O–H groups in total. The molecule has 8 nitrogen and oxygen atoms in total. The number of urea groups is 1. The van der Waals surface area contributed by atoms with Crippen molar-refractivity contribution in [2.24, 2.45) is 0 Å². The maximum Gasteiger partial charge on any atom is 0.330 e. The second-order valence-corrected chi connectivity index (χ2v) is 9.04. The molecule has 2 aliphatic heterocycles. The van der Waals surface area contributed by atoms with Crippen molar-refractivity contribution in [1.29, 1.82) is 0 Å². The minimum absolute atomic E-state index is 0.0636. The van der Waals surface area contributed by atoms with E-state index in [0.29, 0.717) is 25.1 Å². The Labute approximate surface area is 168 Å². The number of carbonyl (C=O) groups is 4. The summed E-state index contributed by atoms with van der Waals surface area (Å²) in [5.41, 5.74) is 1.34. The maximum absolute atomic E-state index is 12.3. The van der Waals surface area contributed by atoms with Crippen molar-refractivity contribution in [3.05, 3.63) is 11.6 Å². The van der Waals surface area contributed by atoms with E-state index in [-0.39, 0.29) is 10.8 Å². The van der Waals surface area contributed by atoms with Crippen LogP contribution < -0.4 is 10.6 Å².